The lowest BCUT2D eigenvalue weighted by atomic mass is 10.6. The first-order chi connectivity index (χ1) is 7.03. The molecular weight excluding hydrogens is 234 g/mol. The van der Waals surface area contributed by atoms with Gasteiger partial charge in [-0.25, -0.2) is 18.1 Å². The van der Waals surface area contributed by atoms with Crippen LogP contribution in [0.1, 0.15) is 9.88 Å². The van der Waals surface area contributed by atoms with Crippen molar-refractivity contribution in [3.05, 3.63) is 16.1 Å². The molecule has 0 aliphatic carbocycles. The largest absolute Gasteiger partial charge is 0.319 e. The summed E-state index contributed by atoms with van der Waals surface area (Å²) in [5.74, 6) is 0.0911. The molecule has 0 aromatic carbocycles. The Morgan fingerprint density at radius 1 is 1.53 bits per heavy atom. The summed E-state index contributed by atoms with van der Waals surface area (Å²) < 4.78 is 25.3. The van der Waals surface area contributed by atoms with Gasteiger partial charge in [0.25, 0.3) is 0 Å². The Bertz CT molecular complexity index is 400. The maximum absolute atomic E-state index is 11.4. The molecule has 0 aliphatic heterocycles. The lowest BCUT2D eigenvalue weighted by Crippen LogP contribution is -2.30. The van der Waals surface area contributed by atoms with Gasteiger partial charge in [0.05, 0.1) is 12.3 Å². The first kappa shape index (κ1) is 12.6. The predicted octanol–water partition coefficient (Wildman–Crippen LogP) is 0.0903. The van der Waals surface area contributed by atoms with Crippen LogP contribution >= 0.6 is 11.3 Å². The molecule has 1 rings (SSSR count). The molecule has 0 saturated carbocycles. The molecule has 0 unspecified atom stereocenters. The third-order valence-corrected chi connectivity index (χ3v) is 3.97. The Kier molecular flexibility index (Phi) is 4.65. The van der Waals surface area contributed by atoms with Crippen molar-refractivity contribution in [3.63, 3.8) is 0 Å². The van der Waals surface area contributed by atoms with Crippen molar-refractivity contribution < 1.29 is 8.42 Å². The Hall–Kier alpha value is -0.500. The summed E-state index contributed by atoms with van der Waals surface area (Å²) >= 11 is 1.50. The third kappa shape index (κ3) is 4.70. The SMILES string of the molecule is CNCCS(=O)(=O)NCc1ncc(C)s1. The van der Waals surface area contributed by atoms with E-state index in [9.17, 15) is 8.42 Å². The van der Waals surface area contributed by atoms with Crippen molar-refractivity contribution >= 4 is 21.4 Å². The summed E-state index contributed by atoms with van der Waals surface area (Å²) in [4.78, 5) is 5.16. The van der Waals surface area contributed by atoms with E-state index in [1.165, 1.54) is 11.3 Å². The van der Waals surface area contributed by atoms with E-state index in [-0.39, 0.29) is 12.3 Å². The lowest BCUT2D eigenvalue weighted by Gasteiger charge is -2.03. The first-order valence-corrected chi connectivity index (χ1v) is 7.03. The molecule has 1 heterocycles. The molecule has 5 nitrogen and oxygen atoms in total. The van der Waals surface area contributed by atoms with Crippen molar-refractivity contribution in [2.24, 2.45) is 0 Å². The molecule has 0 bridgehead atoms. The maximum atomic E-state index is 11.4. The summed E-state index contributed by atoms with van der Waals surface area (Å²) in [6.07, 6.45) is 1.74. The van der Waals surface area contributed by atoms with Gasteiger partial charge in [-0.1, -0.05) is 0 Å². The number of hydrogen-bond acceptors (Lipinski definition) is 5. The second-order valence-electron chi connectivity index (χ2n) is 3.11. The molecule has 0 aliphatic rings. The normalized spacial score (nSPS) is 11.9. The molecular formula is C8H15N3O2S2. The van der Waals surface area contributed by atoms with Crippen molar-refractivity contribution in [1.82, 2.24) is 15.0 Å². The zero-order chi connectivity index (χ0) is 11.3. The third-order valence-electron chi connectivity index (χ3n) is 1.73. The maximum Gasteiger partial charge on any atom is 0.213 e. The van der Waals surface area contributed by atoms with Crippen LogP contribution in [0.4, 0.5) is 0 Å². The average molecular weight is 249 g/mol. The van der Waals surface area contributed by atoms with Crippen LogP contribution in [0.5, 0.6) is 0 Å². The van der Waals surface area contributed by atoms with E-state index in [0.717, 1.165) is 9.88 Å². The van der Waals surface area contributed by atoms with Crippen LogP contribution in [0.25, 0.3) is 0 Å². The number of hydrogen-bond donors (Lipinski definition) is 2. The van der Waals surface area contributed by atoms with Gasteiger partial charge in [-0.2, -0.15) is 0 Å². The minimum absolute atomic E-state index is 0.0911. The number of nitrogens with one attached hydrogen (secondary N) is 2. The van der Waals surface area contributed by atoms with Crippen LogP contribution in [-0.4, -0.2) is 32.7 Å². The highest BCUT2D eigenvalue weighted by molar-refractivity contribution is 7.89. The van der Waals surface area contributed by atoms with Gasteiger partial charge in [0.15, 0.2) is 0 Å². The molecule has 0 amide bonds. The van der Waals surface area contributed by atoms with Gasteiger partial charge in [-0.3, -0.25) is 0 Å². The molecule has 0 spiro atoms. The van der Waals surface area contributed by atoms with Crippen LogP contribution in [0.2, 0.25) is 0 Å². The predicted molar refractivity (Wildman–Crippen MR) is 61.4 cm³/mol. The number of rotatable bonds is 6. The molecule has 86 valence electrons. The zero-order valence-electron chi connectivity index (χ0n) is 8.78. The fraction of sp³-hybridized carbons (Fsp3) is 0.625. The zero-order valence-corrected chi connectivity index (χ0v) is 10.4. The van der Waals surface area contributed by atoms with Gasteiger partial charge in [-0.15, -0.1) is 11.3 Å². The standard InChI is InChI=1S/C8H15N3O2S2/c1-7-5-10-8(14-7)6-11-15(12,13)4-3-9-2/h5,9,11H,3-4,6H2,1-2H3. The Balaban J connectivity index is 2.42. The molecule has 1 aromatic heterocycles. The topological polar surface area (TPSA) is 71.1 Å². The minimum atomic E-state index is -3.18. The molecule has 1 aromatic rings. The fourth-order valence-corrected chi connectivity index (χ4v) is 2.76. The van der Waals surface area contributed by atoms with Crippen LogP contribution in [0, 0.1) is 6.92 Å². The van der Waals surface area contributed by atoms with Gasteiger partial charge >= 0.3 is 0 Å². The number of nitrogens with zero attached hydrogens (tertiary/aromatic N) is 1. The number of sulfonamides is 1. The second-order valence-corrected chi connectivity index (χ2v) is 6.35. The molecule has 2 N–H and O–H groups in total. The van der Waals surface area contributed by atoms with E-state index in [1.54, 1.807) is 13.2 Å². The summed E-state index contributed by atoms with van der Waals surface area (Å²) in [5, 5.41) is 3.59. The number of thiazole rings is 1. The Morgan fingerprint density at radius 3 is 2.80 bits per heavy atom. The minimum Gasteiger partial charge on any atom is -0.319 e. The van der Waals surface area contributed by atoms with E-state index < -0.39 is 10.0 Å². The quantitative estimate of drug-likeness (QED) is 0.749. The van der Waals surface area contributed by atoms with Crippen molar-refractivity contribution in [1.29, 1.82) is 0 Å². The van der Waals surface area contributed by atoms with Gasteiger partial charge < -0.3 is 5.32 Å². The highest BCUT2D eigenvalue weighted by Crippen LogP contribution is 2.10. The number of aryl methyl sites for hydroxylation is 1. The van der Waals surface area contributed by atoms with Crippen molar-refractivity contribution in [3.8, 4) is 0 Å². The summed E-state index contributed by atoms with van der Waals surface area (Å²) in [7, 11) is -1.46. The molecule has 0 radical (unpaired) electrons. The smallest absolute Gasteiger partial charge is 0.213 e. The van der Waals surface area contributed by atoms with E-state index in [2.05, 4.69) is 15.0 Å². The lowest BCUT2D eigenvalue weighted by molar-refractivity contribution is 0.578. The monoisotopic (exact) mass is 249 g/mol. The average Bonchev–Trinajstić information content (AvgIpc) is 2.59. The Morgan fingerprint density at radius 2 is 2.27 bits per heavy atom. The summed E-state index contributed by atoms with van der Waals surface area (Å²) in [6.45, 7) is 2.67. The van der Waals surface area contributed by atoms with E-state index in [4.69, 9.17) is 0 Å². The van der Waals surface area contributed by atoms with E-state index in [0.29, 0.717) is 6.54 Å². The summed E-state index contributed by atoms with van der Waals surface area (Å²) in [6, 6.07) is 0. The van der Waals surface area contributed by atoms with Crippen molar-refractivity contribution in [2.45, 2.75) is 13.5 Å². The Labute approximate surface area is 94.0 Å². The second kappa shape index (κ2) is 5.55. The highest BCUT2D eigenvalue weighted by atomic mass is 32.2. The van der Waals surface area contributed by atoms with Gasteiger partial charge in [0, 0.05) is 17.6 Å². The number of aromatic nitrogens is 1. The molecule has 0 atom stereocenters. The molecule has 15 heavy (non-hydrogen) atoms. The van der Waals surface area contributed by atoms with Crippen LogP contribution in [0.3, 0.4) is 0 Å². The highest BCUT2D eigenvalue weighted by Gasteiger charge is 2.09. The fourth-order valence-electron chi connectivity index (χ4n) is 0.963. The van der Waals surface area contributed by atoms with Gasteiger partial charge in [0.2, 0.25) is 10.0 Å². The van der Waals surface area contributed by atoms with Crippen LogP contribution in [0.15, 0.2) is 6.20 Å². The molecule has 0 saturated heterocycles. The first-order valence-electron chi connectivity index (χ1n) is 4.57. The van der Waals surface area contributed by atoms with Crippen LogP contribution in [-0.2, 0) is 16.6 Å². The van der Waals surface area contributed by atoms with Gasteiger partial charge in [0.1, 0.15) is 5.01 Å². The van der Waals surface area contributed by atoms with E-state index >= 15 is 0 Å². The van der Waals surface area contributed by atoms with E-state index in [1.807, 2.05) is 6.92 Å². The summed E-state index contributed by atoms with van der Waals surface area (Å²) in [5.41, 5.74) is 0. The van der Waals surface area contributed by atoms with Gasteiger partial charge in [-0.05, 0) is 14.0 Å². The van der Waals surface area contributed by atoms with Crippen LogP contribution < -0.4 is 10.0 Å². The van der Waals surface area contributed by atoms with Crippen molar-refractivity contribution in [2.75, 3.05) is 19.3 Å². The molecule has 7 heteroatoms. The molecule has 0 fully saturated rings.